The van der Waals surface area contributed by atoms with E-state index >= 15 is 0 Å². The van der Waals surface area contributed by atoms with Gasteiger partial charge in [0, 0.05) is 43.8 Å². The van der Waals surface area contributed by atoms with Crippen molar-refractivity contribution < 1.29 is 0 Å². The molecule has 0 saturated heterocycles. The maximum absolute atomic E-state index is 5.02. The summed E-state index contributed by atoms with van der Waals surface area (Å²) in [4.78, 5) is 36.8. The molecule has 2 radical (unpaired) electrons. The van der Waals surface area contributed by atoms with Gasteiger partial charge in [-0.15, -0.1) is 0 Å². The van der Waals surface area contributed by atoms with E-state index in [1.807, 2.05) is 97.1 Å². The van der Waals surface area contributed by atoms with Crippen LogP contribution in [-0.2, 0) is 0 Å². The third-order valence-corrected chi connectivity index (χ3v) is 7.46. The van der Waals surface area contributed by atoms with Crippen LogP contribution >= 0.6 is 17.8 Å². The molecule has 4 aromatic carbocycles. The van der Waals surface area contributed by atoms with E-state index in [1.165, 1.54) is 0 Å². The third-order valence-electron chi connectivity index (χ3n) is 7.46. The largest absolute Gasteiger partial charge is 0.324 e. The van der Waals surface area contributed by atoms with Crippen molar-refractivity contribution in [2.75, 3.05) is 0 Å². The van der Waals surface area contributed by atoms with E-state index in [-0.39, 0.29) is 0 Å². The number of nitrogens with zero attached hydrogens (tertiary/aromatic N) is 6. The standard InChI is InChI=1S/C32H18N8.2ClH.Sn/c1-2-10-18-17(9-1)25-33-26(18)38-28-21-13-5-6-14-22(21)30(35-28)40-32-24-16-8-7-15-23(24)31(36-32)39-29-20-12-4-3-11-19(20)27(34-29)37-25;;;/h1-16H,(H2,33,34,35,36,37,38,39,40);2*1H;/q;;;+2/p-2. The molecule has 0 saturated carbocycles. The van der Waals surface area contributed by atoms with E-state index in [1.54, 1.807) is 0 Å². The van der Waals surface area contributed by atoms with Gasteiger partial charge in [-0.2, -0.15) is 0 Å². The van der Waals surface area contributed by atoms with Crippen molar-refractivity contribution in [1.82, 2.24) is 39.9 Å². The quantitative estimate of drug-likeness (QED) is 0.156. The fourth-order valence-electron chi connectivity index (χ4n) is 5.59. The molecule has 0 aliphatic carbocycles. The Morgan fingerprint density at radius 2 is 0.605 bits per heavy atom. The SMILES string of the molecule is [Cl][Sn][Cl].c1ccc2c(c1)-c1nc-2nc2[nH]c(nc3nc(nc4[nH]c(n1)c1ccccc41)-c1ccccc1-3)c1ccccc21. The molecule has 2 aliphatic heterocycles. The van der Waals surface area contributed by atoms with Crippen LogP contribution < -0.4 is 0 Å². The summed E-state index contributed by atoms with van der Waals surface area (Å²) >= 11 is -0.826. The maximum atomic E-state index is 5.02. The van der Waals surface area contributed by atoms with Crippen LogP contribution in [0.5, 0.6) is 0 Å². The second-order valence-corrected chi connectivity index (χ2v) is 14.1. The minimum Gasteiger partial charge on any atom is -0.324 e. The molecule has 2 aliphatic rings. The summed E-state index contributed by atoms with van der Waals surface area (Å²) in [6.45, 7) is 0. The number of H-pyrrole nitrogens is 2. The molecule has 8 bridgehead atoms. The summed E-state index contributed by atoms with van der Waals surface area (Å²) in [6.07, 6.45) is 0. The van der Waals surface area contributed by atoms with Crippen LogP contribution in [0.25, 0.3) is 89.7 Å². The second-order valence-electron chi connectivity index (χ2n) is 9.86. The van der Waals surface area contributed by atoms with E-state index in [9.17, 15) is 0 Å². The number of hydrogen-bond acceptors (Lipinski definition) is 6. The van der Waals surface area contributed by atoms with E-state index < -0.39 is 18.9 Å². The Morgan fingerprint density at radius 1 is 0.372 bits per heavy atom. The van der Waals surface area contributed by atoms with Gasteiger partial charge in [-0.05, 0) is 0 Å². The number of aromatic nitrogens is 8. The Morgan fingerprint density at radius 3 is 0.860 bits per heavy atom. The first-order valence-electron chi connectivity index (χ1n) is 13.4. The average Bonchev–Trinajstić information content (AvgIpc) is 3.77. The summed E-state index contributed by atoms with van der Waals surface area (Å²) in [5, 5.41) is 3.82. The zero-order valence-corrected chi connectivity index (χ0v) is 26.5. The molecule has 2 N–H and O–H groups in total. The number of hydrogen-bond donors (Lipinski definition) is 2. The molecule has 204 valence electrons. The zero-order valence-electron chi connectivity index (χ0n) is 22.2. The molecule has 5 heterocycles. The van der Waals surface area contributed by atoms with Gasteiger partial charge in [0.15, 0.2) is 23.3 Å². The van der Waals surface area contributed by atoms with Gasteiger partial charge < -0.3 is 9.97 Å². The zero-order chi connectivity index (χ0) is 28.9. The van der Waals surface area contributed by atoms with Gasteiger partial charge in [0.2, 0.25) is 0 Å². The van der Waals surface area contributed by atoms with E-state index in [0.717, 1.165) is 43.8 Å². The van der Waals surface area contributed by atoms with E-state index in [4.69, 9.17) is 47.7 Å². The van der Waals surface area contributed by atoms with Crippen LogP contribution in [-0.4, -0.2) is 58.8 Å². The predicted molar refractivity (Wildman–Crippen MR) is 174 cm³/mol. The van der Waals surface area contributed by atoms with E-state index in [2.05, 4.69) is 9.97 Å². The fourth-order valence-corrected chi connectivity index (χ4v) is 5.59. The first kappa shape index (κ1) is 26.3. The number of aromatic amines is 2. The van der Waals surface area contributed by atoms with Crippen LogP contribution in [0.15, 0.2) is 97.1 Å². The van der Waals surface area contributed by atoms with Crippen molar-refractivity contribution in [3.63, 3.8) is 0 Å². The molecule has 7 aromatic rings. The monoisotopic (exact) mass is 704 g/mol. The molecule has 9 rings (SSSR count). The molecule has 0 spiro atoms. The summed E-state index contributed by atoms with van der Waals surface area (Å²) in [5.74, 6) is 2.39. The Labute approximate surface area is 261 Å². The van der Waals surface area contributed by atoms with Crippen molar-refractivity contribution in [3.8, 4) is 45.6 Å². The summed E-state index contributed by atoms with van der Waals surface area (Å²) in [6, 6.07) is 32.2. The molecule has 0 amide bonds. The average molecular weight is 704 g/mol. The van der Waals surface area contributed by atoms with Crippen molar-refractivity contribution in [1.29, 1.82) is 0 Å². The van der Waals surface area contributed by atoms with Gasteiger partial charge >= 0.3 is 36.7 Å². The summed E-state index contributed by atoms with van der Waals surface area (Å²) in [7, 11) is 9.87. The molecule has 0 fully saturated rings. The van der Waals surface area contributed by atoms with Gasteiger partial charge in [0.1, 0.15) is 22.6 Å². The number of benzene rings is 4. The van der Waals surface area contributed by atoms with Crippen LogP contribution in [0.3, 0.4) is 0 Å². The van der Waals surface area contributed by atoms with Gasteiger partial charge in [0.25, 0.3) is 0 Å². The molecule has 3 aromatic heterocycles. The minimum absolute atomic E-state index is 0.597. The molecule has 43 heavy (non-hydrogen) atoms. The van der Waals surface area contributed by atoms with Crippen LogP contribution in [0.1, 0.15) is 0 Å². The Balaban J connectivity index is 0.000000892. The molecular formula is C32H18Cl2N8Sn. The van der Waals surface area contributed by atoms with Gasteiger partial charge in [-0.1, -0.05) is 97.1 Å². The van der Waals surface area contributed by atoms with E-state index in [0.29, 0.717) is 45.9 Å². The molecule has 11 heteroatoms. The predicted octanol–water partition coefficient (Wildman–Crippen LogP) is 7.87. The number of halogens is 2. The van der Waals surface area contributed by atoms with Crippen molar-refractivity contribution in [2.24, 2.45) is 0 Å². The molecule has 8 nitrogen and oxygen atoms in total. The summed E-state index contributed by atoms with van der Waals surface area (Å²) in [5.41, 5.74) is 6.45. The Bertz CT molecular complexity index is 2060. The number of nitrogens with one attached hydrogen (secondary N) is 2. The molecule has 0 unspecified atom stereocenters. The molecule has 0 atom stereocenters. The van der Waals surface area contributed by atoms with Crippen LogP contribution in [0.4, 0.5) is 0 Å². The summed E-state index contributed by atoms with van der Waals surface area (Å²) < 4.78 is 0. The molecular weight excluding hydrogens is 686 g/mol. The number of fused-ring (bicyclic) bond motifs is 20. The number of rotatable bonds is 0. The van der Waals surface area contributed by atoms with Crippen LogP contribution in [0.2, 0.25) is 0 Å². The Hall–Kier alpha value is -4.38. The van der Waals surface area contributed by atoms with Gasteiger partial charge in [-0.3, -0.25) is 0 Å². The third kappa shape index (κ3) is 4.45. The van der Waals surface area contributed by atoms with Crippen molar-refractivity contribution in [3.05, 3.63) is 97.1 Å². The first-order chi connectivity index (χ1) is 21.2. The smallest absolute Gasteiger partial charge is 0.164 e. The van der Waals surface area contributed by atoms with Crippen molar-refractivity contribution in [2.45, 2.75) is 0 Å². The first-order valence-corrected chi connectivity index (χ1v) is 20.6. The second kappa shape index (κ2) is 10.7. The van der Waals surface area contributed by atoms with Crippen molar-refractivity contribution >= 4 is 80.9 Å². The van der Waals surface area contributed by atoms with Gasteiger partial charge in [-0.25, -0.2) is 29.9 Å². The topological polar surface area (TPSA) is 109 Å². The fraction of sp³-hybridized carbons (Fsp3) is 0. The van der Waals surface area contributed by atoms with Gasteiger partial charge in [0.05, 0.1) is 0 Å². The maximum Gasteiger partial charge on any atom is 0.164 e. The normalized spacial score (nSPS) is 11.6. The minimum atomic E-state index is -0.826. The Kier molecular flexibility index (Phi) is 6.54. The van der Waals surface area contributed by atoms with Crippen LogP contribution in [0, 0.1) is 0 Å².